The minimum atomic E-state index is -0.0464. The van der Waals surface area contributed by atoms with E-state index >= 15 is 0 Å². The van der Waals surface area contributed by atoms with Gasteiger partial charge in [-0.15, -0.1) is 10.2 Å². The molecule has 1 heterocycles. The molecule has 1 aromatic heterocycles. The lowest BCUT2D eigenvalue weighted by Gasteiger charge is -2.15. The predicted molar refractivity (Wildman–Crippen MR) is 87.2 cm³/mol. The molecule has 0 saturated carbocycles. The summed E-state index contributed by atoms with van der Waals surface area (Å²) >= 11 is 4.88. The van der Waals surface area contributed by atoms with Crippen LogP contribution in [0.3, 0.4) is 0 Å². The molecule has 0 aliphatic rings. The van der Waals surface area contributed by atoms with Gasteiger partial charge in [0.1, 0.15) is 5.82 Å². The lowest BCUT2D eigenvalue weighted by Crippen LogP contribution is -2.28. The normalized spacial score (nSPS) is 12.2. The Hall–Kier alpha value is -1.34. The van der Waals surface area contributed by atoms with Crippen molar-refractivity contribution < 1.29 is 4.79 Å². The van der Waals surface area contributed by atoms with E-state index in [-0.39, 0.29) is 11.9 Å². The van der Waals surface area contributed by atoms with Crippen molar-refractivity contribution in [2.45, 2.75) is 25.0 Å². The minimum Gasteiger partial charge on any atom is -0.349 e. The number of rotatable bonds is 5. The molecule has 1 amide bonds. The summed E-state index contributed by atoms with van der Waals surface area (Å²) in [4.78, 5) is 12.0. The zero-order valence-electron chi connectivity index (χ0n) is 12.1. The average molecular weight is 369 g/mol. The summed E-state index contributed by atoms with van der Waals surface area (Å²) in [5.41, 5.74) is 1.06. The van der Waals surface area contributed by atoms with Gasteiger partial charge in [0.25, 0.3) is 0 Å². The van der Waals surface area contributed by atoms with Crippen LogP contribution in [0.4, 0.5) is 0 Å². The van der Waals surface area contributed by atoms with E-state index in [1.165, 1.54) is 11.8 Å². The molecule has 0 aliphatic heterocycles. The molecule has 0 unspecified atom stereocenters. The van der Waals surface area contributed by atoms with Crippen LogP contribution in [-0.2, 0) is 11.8 Å². The molecule has 1 atom stereocenters. The smallest absolute Gasteiger partial charge is 0.230 e. The van der Waals surface area contributed by atoms with Crippen molar-refractivity contribution in [3.8, 4) is 0 Å². The average Bonchev–Trinajstić information content (AvgIpc) is 2.77. The maximum absolute atomic E-state index is 12.0. The van der Waals surface area contributed by atoms with Gasteiger partial charge in [-0.25, -0.2) is 0 Å². The molecular weight excluding hydrogens is 352 g/mol. The Bertz CT molecular complexity index is 644. The highest BCUT2D eigenvalue weighted by atomic mass is 79.9. The molecule has 2 aromatic rings. The van der Waals surface area contributed by atoms with E-state index in [1.807, 2.05) is 49.7 Å². The van der Waals surface area contributed by atoms with Crippen LogP contribution < -0.4 is 5.32 Å². The number of hydrogen-bond acceptors (Lipinski definition) is 4. The number of benzene rings is 1. The molecule has 0 saturated heterocycles. The van der Waals surface area contributed by atoms with Crippen LogP contribution in [0.5, 0.6) is 0 Å². The molecule has 1 aromatic carbocycles. The summed E-state index contributed by atoms with van der Waals surface area (Å²) < 4.78 is 2.86. The zero-order valence-corrected chi connectivity index (χ0v) is 14.5. The quantitative estimate of drug-likeness (QED) is 0.824. The first-order chi connectivity index (χ1) is 9.99. The number of carbonyl (C=O) groups is 1. The lowest BCUT2D eigenvalue weighted by atomic mass is 10.1. The fraction of sp³-hybridized carbons (Fsp3) is 0.357. The second-order valence-corrected chi connectivity index (χ2v) is 6.49. The SMILES string of the molecule is Cc1nnc(SCC(=O)N[C@@H](C)c2ccccc2Br)n1C. The third kappa shape index (κ3) is 4.07. The third-order valence-electron chi connectivity index (χ3n) is 3.13. The minimum absolute atomic E-state index is 0.0242. The van der Waals surface area contributed by atoms with E-state index in [9.17, 15) is 4.79 Å². The molecule has 0 fully saturated rings. The van der Waals surface area contributed by atoms with E-state index in [4.69, 9.17) is 0 Å². The molecule has 0 radical (unpaired) electrons. The molecular formula is C14H17BrN4OS. The van der Waals surface area contributed by atoms with Gasteiger partial charge in [-0.2, -0.15) is 0 Å². The monoisotopic (exact) mass is 368 g/mol. The fourth-order valence-corrected chi connectivity index (χ4v) is 3.23. The fourth-order valence-electron chi connectivity index (χ4n) is 1.83. The second kappa shape index (κ2) is 7.09. The number of nitrogens with zero attached hydrogens (tertiary/aromatic N) is 3. The Kier molecular flexibility index (Phi) is 5.41. The first-order valence-electron chi connectivity index (χ1n) is 6.51. The number of thioether (sulfide) groups is 1. The van der Waals surface area contributed by atoms with E-state index in [0.29, 0.717) is 5.75 Å². The molecule has 7 heteroatoms. The van der Waals surface area contributed by atoms with Gasteiger partial charge >= 0.3 is 0 Å². The van der Waals surface area contributed by atoms with E-state index in [2.05, 4.69) is 31.4 Å². The summed E-state index contributed by atoms with van der Waals surface area (Å²) in [6.45, 7) is 3.85. The largest absolute Gasteiger partial charge is 0.349 e. The summed E-state index contributed by atoms with van der Waals surface area (Å²) in [7, 11) is 1.89. The van der Waals surface area contributed by atoms with Gasteiger partial charge in [0.15, 0.2) is 5.16 Å². The van der Waals surface area contributed by atoms with Gasteiger partial charge in [-0.3, -0.25) is 4.79 Å². The van der Waals surface area contributed by atoms with Gasteiger partial charge in [0, 0.05) is 11.5 Å². The van der Waals surface area contributed by atoms with Crippen molar-refractivity contribution in [3.63, 3.8) is 0 Å². The molecule has 2 rings (SSSR count). The summed E-state index contributed by atoms with van der Waals surface area (Å²) in [5, 5.41) is 11.7. The zero-order chi connectivity index (χ0) is 15.4. The highest BCUT2D eigenvalue weighted by Gasteiger charge is 2.13. The van der Waals surface area contributed by atoms with Gasteiger partial charge in [0.2, 0.25) is 5.91 Å². The van der Waals surface area contributed by atoms with Crippen LogP contribution >= 0.6 is 27.7 Å². The molecule has 0 bridgehead atoms. The maximum atomic E-state index is 12.0. The molecule has 112 valence electrons. The van der Waals surface area contributed by atoms with Crippen LogP contribution in [-0.4, -0.2) is 26.4 Å². The van der Waals surface area contributed by atoms with E-state index < -0.39 is 0 Å². The first-order valence-corrected chi connectivity index (χ1v) is 8.29. The summed E-state index contributed by atoms with van der Waals surface area (Å²) in [5.74, 6) is 1.13. The van der Waals surface area contributed by atoms with Gasteiger partial charge in [-0.05, 0) is 25.5 Å². The van der Waals surface area contributed by atoms with Crippen molar-refractivity contribution in [3.05, 3.63) is 40.1 Å². The maximum Gasteiger partial charge on any atom is 0.230 e. The number of aryl methyl sites for hydroxylation is 1. The van der Waals surface area contributed by atoms with Crippen LogP contribution in [0.1, 0.15) is 24.4 Å². The Balaban J connectivity index is 1.90. The van der Waals surface area contributed by atoms with Crippen molar-refractivity contribution in [1.29, 1.82) is 0 Å². The van der Waals surface area contributed by atoms with Gasteiger partial charge in [0.05, 0.1) is 11.8 Å². The lowest BCUT2D eigenvalue weighted by molar-refractivity contribution is -0.119. The molecule has 1 N–H and O–H groups in total. The van der Waals surface area contributed by atoms with Crippen LogP contribution in [0, 0.1) is 6.92 Å². The van der Waals surface area contributed by atoms with Crippen LogP contribution in [0.25, 0.3) is 0 Å². The van der Waals surface area contributed by atoms with Crippen molar-refractivity contribution in [1.82, 2.24) is 20.1 Å². The number of nitrogens with one attached hydrogen (secondary N) is 1. The highest BCUT2D eigenvalue weighted by Crippen LogP contribution is 2.23. The van der Waals surface area contributed by atoms with Gasteiger partial charge < -0.3 is 9.88 Å². The van der Waals surface area contributed by atoms with Crippen LogP contribution in [0.2, 0.25) is 0 Å². The van der Waals surface area contributed by atoms with Gasteiger partial charge in [-0.1, -0.05) is 45.9 Å². The number of carbonyl (C=O) groups excluding carboxylic acids is 1. The standard InChI is InChI=1S/C14H17BrN4OS/c1-9(11-6-4-5-7-12(11)15)16-13(20)8-21-14-18-17-10(2)19(14)3/h4-7,9H,8H2,1-3H3,(H,16,20)/t9-/m0/s1. The number of hydrogen-bond donors (Lipinski definition) is 1. The van der Waals surface area contributed by atoms with Crippen molar-refractivity contribution >= 4 is 33.6 Å². The molecule has 5 nitrogen and oxygen atoms in total. The third-order valence-corrected chi connectivity index (χ3v) is 4.88. The number of amides is 1. The summed E-state index contributed by atoms with van der Waals surface area (Å²) in [6.07, 6.45) is 0. The second-order valence-electron chi connectivity index (χ2n) is 4.69. The molecule has 0 aliphatic carbocycles. The van der Waals surface area contributed by atoms with E-state index in [0.717, 1.165) is 21.0 Å². The summed E-state index contributed by atoms with van der Waals surface area (Å²) in [6, 6.07) is 7.83. The first kappa shape index (κ1) is 16.0. The Labute approximate surface area is 136 Å². The highest BCUT2D eigenvalue weighted by molar-refractivity contribution is 9.10. The Morgan fingerprint density at radius 1 is 1.43 bits per heavy atom. The predicted octanol–water partition coefficient (Wildman–Crippen LogP) is 2.86. The van der Waals surface area contributed by atoms with Crippen molar-refractivity contribution in [2.75, 3.05) is 5.75 Å². The van der Waals surface area contributed by atoms with Crippen molar-refractivity contribution in [2.24, 2.45) is 7.05 Å². The number of halogens is 1. The molecule has 21 heavy (non-hydrogen) atoms. The topological polar surface area (TPSA) is 59.8 Å². The Morgan fingerprint density at radius 2 is 2.14 bits per heavy atom. The number of aromatic nitrogens is 3. The van der Waals surface area contributed by atoms with E-state index in [1.54, 1.807) is 0 Å². The molecule has 0 spiro atoms. The van der Waals surface area contributed by atoms with Crippen LogP contribution in [0.15, 0.2) is 33.9 Å². The Morgan fingerprint density at radius 3 is 2.76 bits per heavy atom.